The molecular formula is C17H18N2O2S2. The highest BCUT2D eigenvalue weighted by atomic mass is 32.2. The minimum Gasteiger partial charge on any atom is -0.263 e. The van der Waals surface area contributed by atoms with Crippen molar-refractivity contribution in [3.8, 4) is 0 Å². The van der Waals surface area contributed by atoms with Crippen LogP contribution in [0.2, 0.25) is 0 Å². The van der Waals surface area contributed by atoms with Gasteiger partial charge in [0.1, 0.15) is 9.90 Å². The Balaban J connectivity index is 2.07. The fourth-order valence-electron chi connectivity index (χ4n) is 2.37. The third-order valence-corrected chi connectivity index (χ3v) is 6.65. The highest BCUT2D eigenvalue weighted by Gasteiger charge is 2.26. The fraction of sp³-hybridized carbons (Fsp3) is 0.235. The number of aromatic nitrogens is 1. The van der Waals surface area contributed by atoms with Crippen LogP contribution < -0.4 is 4.31 Å². The van der Waals surface area contributed by atoms with Crippen molar-refractivity contribution in [3.63, 3.8) is 0 Å². The van der Waals surface area contributed by atoms with Gasteiger partial charge in [-0.1, -0.05) is 31.5 Å². The monoisotopic (exact) mass is 346 g/mol. The number of unbranched alkanes of at least 4 members (excludes halogenated alkanes) is 1. The quantitative estimate of drug-likeness (QED) is 0.669. The van der Waals surface area contributed by atoms with Crippen LogP contribution in [0, 0.1) is 0 Å². The Kier molecular flexibility index (Phi) is 4.63. The van der Waals surface area contributed by atoms with Crippen molar-refractivity contribution in [2.24, 2.45) is 0 Å². The summed E-state index contributed by atoms with van der Waals surface area (Å²) >= 11 is 1.50. The van der Waals surface area contributed by atoms with Crippen LogP contribution in [0.4, 0.5) is 5.00 Å². The first-order valence-corrected chi connectivity index (χ1v) is 9.80. The first-order chi connectivity index (χ1) is 11.1. The van der Waals surface area contributed by atoms with Crippen LogP contribution >= 0.6 is 11.3 Å². The highest BCUT2D eigenvalue weighted by Crippen LogP contribution is 2.35. The van der Waals surface area contributed by atoms with Gasteiger partial charge in [0.2, 0.25) is 0 Å². The van der Waals surface area contributed by atoms with Gasteiger partial charge in [-0.3, -0.25) is 9.29 Å². The summed E-state index contributed by atoms with van der Waals surface area (Å²) in [4.78, 5) is 4.18. The average molecular weight is 346 g/mol. The number of thiophene rings is 1. The third kappa shape index (κ3) is 3.23. The van der Waals surface area contributed by atoms with Gasteiger partial charge in [-0.15, -0.1) is 11.3 Å². The number of fused-ring (bicyclic) bond motifs is 1. The Morgan fingerprint density at radius 3 is 2.70 bits per heavy atom. The van der Waals surface area contributed by atoms with Crippen molar-refractivity contribution < 1.29 is 8.42 Å². The van der Waals surface area contributed by atoms with Gasteiger partial charge in [-0.25, -0.2) is 8.42 Å². The minimum absolute atomic E-state index is 0.230. The Hall–Kier alpha value is -1.92. The van der Waals surface area contributed by atoms with E-state index in [9.17, 15) is 8.42 Å². The summed E-state index contributed by atoms with van der Waals surface area (Å²) in [6.07, 6.45) is 4.73. The number of hydrogen-bond donors (Lipinski definition) is 0. The zero-order valence-electron chi connectivity index (χ0n) is 12.8. The Morgan fingerprint density at radius 1 is 1.17 bits per heavy atom. The Morgan fingerprint density at radius 2 is 2.00 bits per heavy atom. The number of nitrogens with zero attached hydrogens (tertiary/aromatic N) is 2. The lowest BCUT2D eigenvalue weighted by Gasteiger charge is -2.22. The highest BCUT2D eigenvalue weighted by molar-refractivity contribution is 7.93. The van der Waals surface area contributed by atoms with Crippen LogP contribution in [0.25, 0.3) is 10.1 Å². The number of hydrogen-bond acceptors (Lipinski definition) is 4. The van der Waals surface area contributed by atoms with Gasteiger partial charge in [-0.2, -0.15) is 0 Å². The van der Waals surface area contributed by atoms with E-state index < -0.39 is 10.0 Å². The van der Waals surface area contributed by atoms with Crippen LogP contribution in [0.15, 0.2) is 59.8 Å². The third-order valence-electron chi connectivity index (χ3n) is 3.60. The number of benzene rings is 1. The van der Waals surface area contributed by atoms with E-state index in [1.807, 2.05) is 30.3 Å². The normalized spacial score (nSPS) is 11.7. The molecule has 23 heavy (non-hydrogen) atoms. The van der Waals surface area contributed by atoms with Crippen molar-refractivity contribution >= 4 is 36.4 Å². The first-order valence-electron chi connectivity index (χ1n) is 7.54. The molecule has 0 saturated carbocycles. The summed E-state index contributed by atoms with van der Waals surface area (Å²) in [5, 5.41) is 1.82. The maximum Gasteiger partial charge on any atom is 0.266 e. The van der Waals surface area contributed by atoms with Gasteiger partial charge in [0.15, 0.2) is 0 Å². The van der Waals surface area contributed by atoms with Crippen molar-refractivity contribution in [1.29, 1.82) is 0 Å². The van der Waals surface area contributed by atoms with Crippen LogP contribution in [-0.2, 0) is 10.0 Å². The zero-order chi connectivity index (χ0) is 16.3. The van der Waals surface area contributed by atoms with E-state index in [4.69, 9.17) is 0 Å². The SMILES string of the molecule is CCCCN(c1cc2ccccc2s1)S(=O)(=O)c1cccnc1. The van der Waals surface area contributed by atoms with Crippen LogP contribution in [-0.4, -0.2) is 19.9 Å². The molecule has 2 aromatic heterocycles. The summed E-state index contributed by atoms with van der Waals surface area (Å²) < 4.78 is 28.6. The van der Waals surface area contributed by atoms with E-state index >= 15 is 0 Å². The molecule has 0 aliphatic rings. The summed E-state index contributed by atoms with van der Waals surface area (Å²) in [5.41, 5.74) is 0. The van der Waals surface area contributed by atoms with E-state index in [1.165, 1.54) is 21.8 Å². The molecule has 0 saturated heterocycles. The lowest BCUT2D eigenvalue weighted by Crippen LogP contribution is -2.31. The Labute approximate surface area is 140 Å². The molecule has 6 heteroatoms. The van der Waals surface area contributed by atoms with Gasteiger partial charge in [0.05, 0.1) is 0 Å². The predicted molar refractivity (Wildman–Crippen MR) is 95.5 cm³/mol. The molecule has 120 valence electrons. The molecule has 0 aliphatic carbocycles. The standard InChI is InChI=1S/C17H18N2O2S2/c1-2-3-11-19(23(20,21)15-8-6-10-18-13-15)17-12-14-7-4-5-9-16(14)22-17/h4-10,12-13H,2-3,11H2,1H3. The van der Waals surface area contributed by atoms with E-state index in [0.29, 0.717) is 6.54 Å². The van der Waals surface area contributed by atoms with Gasteiger partial charge >= 0.3 is 0 Å². The van der Waals surface area contributed by atoms with E-state index in [0.717, 1.165) is 27.9 Å². The molecule has 3 aromatic rings. The van der Waals surface area contributed by atoms with E-state index in [-0.39, 0.29) is 4.90 Å². The van der Waals surface area contributed by atoms with Gasteiger partial charge in [0.25, 0.3) is 10.0 Å². The van der Waals surface area contributed by atoms with Crippen molar-refractivity contribution in [3.05, 3.63) is 54.9 Å². The molecule has 0 aliphatic heterocycles. The molecule has 0 amide bonds. The van der Waals surface area contributed by atoms with E-state index in [2.05, 4.69) is 11.9 Å². The molecule has 0 spiro atoms. The van der Waals surface area contributed by atoms with Gasteiger partial charge in [0, 0.05) is 23.6 Å². The summed E-state index contributed by atoms with van der Waals surface area (Å²) in [5.74, 6) is 0. The zero-order valence-corrected chi connectivity index (χ0v) is 14.5. The second kappa shape index (κ2) is 6.68. The van der Waals surface area contributed by atoms with Gasteiger partial charge < -0.3 is 0 Å². The summed E-state index contributed by atoms with van der Waals surface area (Å²) in [6, 6.07) is 13.1. The van der Waals surface area contributed by atoms with Crippen LogP contribution in [0.1, 0.15) is 19.8 Å². The number of pyridine rings is 1. The molecule has 1 aromatic carbocycles. The average Bonchev–Trinajstić information content (AvgIpc) is 2.99. The second-order valence-corrected chi connectivity index (χ2v) is 8.17. The summed E-state index contributed by atoms with van der Waals surface area (Å²) in [6.45, 7) is 2.53. The number of rotatable bonds is 6. The maximum atomic E-state index is 13.0. The lowest BCUT2D eigenvalue weighted by molar-refractivity contribution is 0.588. The molecular weight excluding hydrogens is 328 g/mol. The molecule has 4 nitrogen and oxygen atoms in total. The molecule has 2 heterocycles. The largest absolute Gasteiger partial charge is 0.266 e. The van der Waals surface area contributed by atoms with Crippen molar-refractivity contribution in [2.75, 3.05) is 10.8 Å². The second-order valence-electron chi connectivity index (χ2n) is 5.24. The Bertz CT molecular complexity index is 856. The number of sulfonamides is 1. The summed E-state index contributed by atoms with van der Waals surface area (Å²) in [7, 11) is -3.59. The van der Waals surface area contributed by atoms with Gasteiger partial charge in [-0.05, 0) is 36.1 Å². The minimum atomic E-state index is -3.59. The molecule has 0 bridgehead atoms. The molecule has 3 rings (SSSR count). The van der Waals surface area contributed by atoms with Crippen LogP contribution in [0.3, 0.4) is 0 Å². The molecule has 0 radical (unpaired) electrons. The first kappa shape index (κ1) is 16.0. The van der Waals surface area contributed by atoms with Crippen molar-refractivity contribution in [2.45, 2.75) is 24.7 Å². The maximum absolute atomic E-state index is 13.0. The topological polar surface area (TPSA) is 50.3 Å². The fourth-order valence-corrected chi connectivity index (χ4v) is 5.13. The van der Waals surface area contributed by atoms with E-state index in [1.54, 1.807) is 18.3 Å². The molecule has 0 unspecified atom stereocenters. The van der Waals surface area contributed by atoms with Crippen LogP contribution in [0.5, 0.6) is 0 Å². The molecule has 0 fully saturated rings. The molecule has 0 N–H and O–H groups in total. The van der Waals surface area contributed by atoms with Crippen molar-refractivity contribution in [1.82, 2.24) is 4.98 Å². The number of anilines is 1. The lowest BCUT2D eigenvalue weighted by atomic mass is 10.3. The molecule has 0 atom stereocenters. The smallest absolute Gasteiger partial charge is 0.263 e. The predicted octanol–water partition coefficient (Wildman–Crippen LogP) is 4.29.